The Kier molecular flexibility index (Phi) is 3.87. The van der Waals surface area contributed by atoms with Crippen LogP contribution in [0.25, 0.3) is 0 Å². The molecule has 1 aromatic rings. The zero-order chi connectivity index (χ0) is 13.3. The van der Waals surface area contributed by atoms with Crippen molar-refractivity contribution in [3.63, 3.8) is 0 Å². The van der Waals surface area contributed by atoms with Gasteiger partial charge in [-0.2, -0.15) is 0 Å². The second kappa shape index (κ2) is 5.46. The number of nitrogens with zero attached hydrogens (tertiary/aromatic N) is 3. The Bertz CT molecular complexity index is 409. The van der Waals surface area contributed by atoms with Gasteiger partial charge in [0.1, 0.15) is 0 Å². The average Bonchev–Trinajstić information content (AvgIpc) is 3.00. The van der Waals surface area contributed by atoms with Gasteiger partial charge in [0.2, 0.25) is 0 Å². The van der Waals surface area contributed by atoms with Crippen LogP contribution < -0.4 is 0 Å². The molecule has 2 saturated heterocycles. The maximum atomic E-state index is 6.23. The van der Waals surface area contributed by atoms with E-state index in [0.29, 0.717) is 0 Å². The minimum absolute atomic E-state index is 0.122. The predicted octanol–water partition coefficient (Wildman–Crippen LogP) is 2.57. The fraction of sp³-hybridized carbons (Fsp3) is 0.857. The molecule has 106 valence electrons. The fourth-order valence-corrected chi connectivity index (χ4v) is 3.84. The monoisotopic (exact) mass is 281 g/mol. The maximum Gasteiger partial charge on any atom is 0.0895 e. The van der Waals surface area contributed by atoms with Gasteiger partial charge in [-0.15, -0.1) is 5.10 Å². The zero-order valence-corrected chi connectivity index (χ0v) is 12.7. The van der Waals surface area contributed by atoms with E-state index in [2.05, 4.69) is 28.3 Å². The SMILES string of the molecule is CC(C)C1COC2(CCCN(Cc3csnn3)C2)C1. The molecule has 19 heavy (non-hydrogen) atoms. The van der Waals surface area contributed by atoms with Crippen LogP contribution in [0, 0.1) is 11.8 Å². The summed E-state index contributed by atoms with van der Waals surface area (Å²) in [7, 11) is 0. The molecule has 0 N–H and O–H groups in total. The van der Waals surface area contributed by atoms with Gasteiger partial charge >= 0.3 is 0 Å². The van der Waals surface area contributed by atoms with Gasteiger partial charge in [0.15, 0.2) is 0 Å². The standard InChI is InChI=1S/C14H23N3OS/c1-11(2)12-6-14(18-8-12)4-3-5-17(10-14)7-13-9-19-16-15-13/h9,11-12H,3-8,10H2,1-2H3. The summed E-state index contributed by atoms with van der Waals surface area (Å²) in [5.41, 5.74) is 1.22. The van der Waals surface area contributed by atoms with Crippen LogP contribution >= 0.6 is 11.5 Å². The Hall–Kier alpha value is -0.520. The summed E-state index contributed by atoms with van der Waals surface area (Å²) in [6.45, 7) is 8.73. The van der Waals surface area contributed by atoms with Crippen molar-refractivity contribution in [1.82, 2.24) is 14.5 Å². The molecular weight excluding hydrogens is 258 g/mol. The van der Waals surface area contributed by atoms with E-state index in [9.17, 15) is 0 Å². The van der Waals surface area contributed by atoms with E-state index in [1.165, 1.54) is 30.8 Å². The van der Waals surface area contributed by atoms with Crippen LogP contribution in [0.3, 0.4) is 0 Å². The van der Waals surface area contributed by atoms with E-state index in [1.807, 2.05) is 5.38 Å². The average molecular weight is 281 g/mol. The van der Waals surface area contributed by atoms with Crippen molar-refractivity contribution in [2.45, 2.75) is 45.3 Å². The number of hydrogen-bond acceptors (Lipinski definition) is 5. The van der Waals surface area contributed by atoms with Gasteiger partial charge in [0, 0.05) is 18.5 Å². The number of aromatic nitrogens is 2. The molecule has 2 aliphatic heterocycles. The Balaban J connectivity index is 1.62. The first kappa shape index (κ1) is 13.5. The molecule has 2 fully saturated rings. The number of hydrogen-bond donors (Lipinski definition) is 0. The van der Waals surface area contributed by atoms with Crippen molar-refractivity contribution in [3.8, 4) is 0 Å². The molecule has 4 nitrogen and oxygen atoms in total. The molecule has 0 amide bonds. The summed E-state index contributed by atoms with van der Waals surface area (Å²) in [5.74, 6) is 1.47. The predicted molar refractivity (Wildman–Crippen MR) is 76.0 cm³/mol. The Morgan fingerprint density at radius 3 is 3.16 bits per heavy atom. The number of likely N-dealkylation sites (tertiary alicyclic amines) is 1. The lowest BCUT2D eigenvalue weighted by Gasteiger charge is -2.39. The van der Waals surface area contributed by atoms with Crippen molar-refractivity contribution >= 4 is 11.5 Å². The molecule has 0 bridgehead atoms. The van der Waals surface area contributed by atoms with Crippen LogP contribution in [0.2, 0.25) is 0 Å². The molecule has 0 aromatic carbocycles. The number of rotatable bonds is 3. The van der Waals surface area contributed by atoms with E-state index >= 15 is 0 Å². The molecule has 0 radical (unpaired) electrons. The van der Waals surface area contributed by atoms with E-state index in [-0.39, 0.29) is 5.60 Å². The third kappa shape index (κ3) is 2.98. The number of ether oxygens (including phenoxy) is 1. The maximum absolute atomic E-state index is 6.23. The summed E-state index contributed by atoms with van der Waals surface area (Å²) in [6, 6.07) is 0. The molecular formula is C14H23N3OS. The Morgan fingerprint density at radius 1 is 1.58 bits per heavy atom. The molecule has 1 spiro atoms. The quantitative estimate of drug-likeness (QED) is 0.853. The van der Waals surface area contributed by atoms with Crippen molar-refractivity contribution in [1.29, 1.82) is 0 Å². The Labute approximate surface area is 119 Å². The summed E-state index contributed by atoms with van der Waals surface area (Å²) in [4.78, 5) is 2.49. The molecule has 1 aromatic heterocycles. The van der Waals surface area contributed by atoms with Crippen LogP contribution in [0.5, 0.6) is 0 Å². The van der Waals surface area contributed by atoms with Gasteiger partial charge in [0.25, 0.3) is 0 Å². The summed E-state index contributed by atoms with van der Waals surface area (Å²) in [5, 5.41) is 6.20. The van der Waals surface area contributed by atoms with Gasteiger partial charge < -0.3 is 4.74 Å². The van der Waals surface area contributed by atoms with Crippen LogP contribution in [-0.2, 0) is 11.3 Å². The van der Waals surface area contributed by atoms with Gasteiger partial charge in [-0.25, -0.2) is 0 Å². The molecule has 5 heteroatoms. The minimum atomic E-state index is 0.122. The number of piperidine rings is 1. The van der Waals surface area contributed by atoms with Crippen LogP contribution in [0.1, 0.15) is 38.8 Å². The van der Waals surface area contributed by atoms with Crippen molar-refractivity contribution in [3.05, 3.63) is 11.1 Å². The van der Waals surface area contributed by atoms with Crippen LogP contribution in [0.15, 0.2) is 5.38 Å². The van der Waals surface area contributed by atoms with Gasteiger partial charge in [0.05, 0.1) is 17.9 Å². The molecule has 2 unspecified atom stereocenters. The molecule has 2 atom stereocenters. The second-order valence-electron chi connectivity index (χ2n) is 6.41. The summed E-state index contributed by atoms with van der Waals surface area (Å²) in [6.07, 6.45) is 3.70. The largest absolute Gasteiger partial charge is 0.373 e. The highest BCUT2D eigenvalue weighted by Crippen LogP contribution is 2.40. The first-order valence-electron chi connectivity index (χ1n) is 7.29. The highest BCUT2D eigenvalue weighted by molar-refractivity contribution is 7.03. The lowest BCUT2D eigenvalue weighted by atomic mass is 9.83. The van der Waals surface area contributed by atoms with Crippen molar-refractivity contribution in [2.24, 2.45) is 11.8 Å². The second-order valence-corrected chi connectivity index (χ2v) is 7.02. The van der Waals surface area contributed by atoms with Gasteiger partial charge in [-0.3, -0.25) is 4.90 Å². The van der Waals surface area contributed by atoms with E-state index in [0.717, 1.165) is 43.8 Å². The van der Waals surface area contributed by atoms with Crippen molar-refractivity contribution < 1.29 is 4.74 Å². The highest BCUT2D eigenvalue weighted by atomic mass is 32.1. The van der Waals surface area contributed by atoms with Gasteiger partial charge in [-0.1, -0.05) is 18.3 Å². The lowest BCUT2D eigenvalue weighted by Crippen LogP contribution is -2.47. The highest BCUT2D eigenvalue weighted by Gasteiger charge is 2.44. The first-order valence-corrected chi connectivity index (χ1v) is 8.13. The van der Waals surface area contributed by atoms with Gasteiger partial charge in [-0.05, 0) is 49.2 Å². The summed E-state index contributed by atoms with van der Waals surface area (Å²) < 4.78 is 10.2. The van der Waals surface area contributed by atoms with Crippen molar-refractivity contribution in [2.75, 3.05) is 19.7 Å². The molecule has 3 rings (SSSR count). The van der Waals surface area contributed by atoms with Crippen LogP contribution in [-0.4, -0.2) is 39.8 Å². The molecule has 0 saturated carbocycles. The molecule has 2 aliphatic rings. The topological polar surface area (TPSA) is 38.2 Å². The normalized spacial score (nSPS) is 32.5. The fourth-order valence-electron chi connectivity index (χ4n) is 3.40. The third-order valence-corrected chi connectivity index (χ3v) is 5.14. The Morgan fingerprint density at radius 2 is 2.47 bits per heavy atom. The lowest BCUT2D eigenvalue weighted by molar-refractivity contribution is -0.0538. The molecule has 0 aliphatic carbocycles. The molecule has 3 heterocycles. The van der Waals surface area contributed by atoms with Crippen LogP contribution in [0.4, 0.5) is 0 Å². The van der Waals surface area contributed by atoms with E-state index in [4.69, 9.17) is 4.74 Å². The van der Waals surface area contributed by atoms with E-state index < -0.39 is 0 Å². The van der Waals surface area contributed by atoms with E-state index in [1.54, 1.807) is 0 Å². The minimum Gasteiger partial charge on any atom is -0.373 e. The first-order chi connectivity index (χ1) is 9.17. The summed E-state index contributed by atoms with van der Waals surface area (Å²) >= 11 is 1.44. The third-order valence-electron chi connectivity index (χ3n) is 4.59. The zero-order valence-electron chi connectivity index (χ0n) is 11.8. The smallest absolute Gasteiger partial charge is 0.0895 e.